The van der Waals surface area contributed by atoms with E-state index in [1.807, 2.05) is 10.9 Å². The Bertz CT molecular complexity index is 449. The maximum absolute atomic E-state index is 12.1. The minimum absolute atomic E-state index is 0.0711. The highest BCUT2D eigenvalue weighted by atomic mass is 16.5. The van der Waals surface area contributed by atoms with Gasteiger partial charge in [-0.15, -0.1) is 0 Å². The fourth-order valence-electron chi connectivity index (χ4n) is 2.64. The van der Waals surface area contributed by atoms with E-state index in [-0.39, 0.29) is 6.03 Å². The summed E-state index contributed by atoms with van der Waals surface area (Å²) < 4.78 is 7.21. The van der Waals surface area contributed by atoms with Crippen LogP contribution < -0.4 is 10.6 Å². The van der Waals surface area contributed by atoms with Crippen LogP contribution in [0.2, 0.25) is 0 Å². The van der Waals surface area contributed by atoms with Crippen LogP contribution in [-0.4, -0.2) is 60.1 Å². The number of hydrogen-bond donors (Lipinski definition) is 2. The van der Waals surface area contributed by atoms with E-state index in [0.717, 1.165) is 31.6 Å². The lowest BCUT2D eigenvalue weighted by atomic mass is 10.1. The maximum Gasteiger partial charge on any atom is 0.322 e. The van der Waals surface area contributed by atoms with Gasteiger partial charge in [0.05, 0.1) is 31.1 Å². The number of nitrogens with one attached hydrogen (secondary N) is 2. The molecule has 0 aliphatic carbocycles. The Balaban J connectivity index is 1.57. The van der Waals surface area contributed by atoms with Crippen LogP contribution >= 0.6 is 0 Å². The number of anilines is 1. The van der Waals surface area contributed by atoms with Crippen molar-refractivity contribution in [2.75, 3.05) is 44.7 Å². The second kappa shape index (κ2) is 6.23. The molecule has 0 bridgehead atoms. The van der Waals surface area contributed by atoms with Crippen molar-refractivity contribution in [3.8, 4) is 0 Å². The third-order valence-electron chi connectivity index (χ3n) is 3.83. The summed E-state index contributed by atoms with van der Waals surface area (Å²) in [6.45, 7) is 4.58. The average molecular weight is 279 g/mol. The van der Waals surface area contributed by atoms with Gasteiger partial charge in [-0.1, -0.05) is 0 Å². The second-order valence-electron chi connectivity index (χ2n) is 5.22. The molecule has 3 heterocycles. The molecule has 0 spiro atoms. The highest BCUT2D eigenvalue weighted by Gasteiger charge is 2.19. The summed E-state index contributed by atoms with van der Waals surface area (Å²) in [6, 6.07) is 0.364. The van der Waals surface area contributed by atoms with Gasteiger partial charge >= 0.3 is 6.03 Å². The van der Waals surface area contributed by atoms with Gasteiger partial charge in [-0.2, -0.15) is 5.10 Å². The van der Waals surface area contributed by atoms with Gasteiger partial charge in [-0.05, 0) is 25.9 Å². The van der Waals surface area contributed by atoms with Crippen molar-refractivity contribution >= 4 is 11.7 Å². The Labute approximate surface area is 118 Å². The highest BCUT2D eigenvalue weighted by molar-refractivity contribution is 5.89. The molecule has 0 atom stereocenters. The van der Waals surface area contributed by atoms with Crippen molar-refractivity contribution in [2.24, 2.45) is 0 Å². The van der Waals surface area contributed by atoms with Crippen molar-refractivity contribution in [3.05, 3.63) is 12.4 Å². The van der Waals surface area contributed by atoms with Crippen LogP contribution in [0, 0.1) is 0 Å². The standard InChI is InChI=1S/C13H21N5O2/c19-13(17-5-7-20-8-6-17)16-11-9-15-18(10-11)12-1-3-14-4-2-12/h9-10,12,14H,1-8H2,(H,16,19). The molecular formula is C13H21N5O2. The number of carbonyl (C=O) groups is 1. The average Bonchev–Trinajstić information content (AvgIpc) is 2.97. The Kier molecular flexibility index (Phi) is 4.17. The number of piperidine rings is 1. The van der Waals surface area contributed by atoms with Crippen molar-refractivity contribution in [2.45, 2.75) is 18.9 Å². The van der Waals surface area contributed by atoms with Gasteiger partial charge in [-0.25, -0.2) is 4.79 Å². The van der Waals surface area contributed by atoms with E-state index in [2.05, 4.69) is 15.7 Å². The third-order valence-corrected chi connectivity index (χ3v) is 3.83. The number of urea groups is 1. The molecule has 2 N–H and O–H groups in total. The van der Waals surface area contributed by atoms with E-state index in [1.165, 1.54) is 0 Å². The number of carbonyl (C=O) groups excluding carboxylic acids is 1. The zero-order valence-corrected chi connectivity index (χ0v) is 11.5. The molecule has 0 aromatic carbocycles. The van der Waals surface area contributed by atoms with Crippen molar-refractivity contribution < 1.29 is 9.53 Å². The number of ether oxygens (including phenoxy) is 1. The Morgan fingerprint density at radius 2 is 2.10 bits per heavy atom. The first-order valence-corrected chi connectivity index (χ1v) is 7.21. The minimum atomic E-state index is -0.0711. The molecular weight excluding hydrogens is 258 g/mol. The van der Waals surface area contributed by atoms with Gasteiger partial charge in [0.2, 0.25) is 0 Å². The van der Waals surface area contributed by atoms with Crippen molar-refractivity contribution in [1.82, 2.24) is 20.0 Å². The normalized spacial score (nSPS) is 20.9. The molecule has 3 rings (SSSR count). The van der Waals surface area contributed by atoms with Gasteiger partial charge in [0.1, 0.15) is 0 Å². The van der Waals surface area contributed by atoms with E-state index < -0.39 is 0 Å². The monoisotopic (exact) mass is 279 g/mol. The van der Waals surface area contributed by atoms with E-state index in [1.54, 1.807) is 11.1 Å². The lowest BCUT2D eigenvalue weighted by Gasteiger charge is -2.26. The van der Waals surface area contributed by atoms with E-state index in [4.69, 9.17) is 4.74 Å². The molecule has 2 fully saturated rings. The zero-order valence-electron chi connectivity index (χ0n) is 11.5. The fraction of sp³-hybridized carbons (Fsp3) is 0.692. The van der Waals surface area contributed by atoms with Gasteiger partial charge < -0.3 is 20.3 Å². The number of nitrogens with zero attached hydrogens (tertiary/aromatic N) is 3. The summed E-state index contributed by atoms with van der Waals surface area (Å²) in [4.78, 5) is 13.8. The maximum atomic E-state index is 12.1. The zero-order chi connectivity index (χ0) is 13.8. The van der Waals surface area contributed by atoms with Gasteiger partial charge in [0, 0.05) is 19.3 Å². The SMILES string of the molecule is O=C(Nc1cnn(C2CCNCC2)c1)N1CCOCC1. The molecule has 7 heteroatoms. The van der Waals surface area contributed by atoms with E-state index in [0.29, 0.717) is 32.3 Å². The summed E-state index contributed by atoms with van der Waals surface area (Å²) in [5.41, 5.74) is 0.764. The predicted molar refractivity (Wildman–Crippen MR) is 74.8 cm³/mol. The predicted octanol–water partition coefficient (Wildman–Crippen LogP) is 0.672. The lowest BCUT2D eigenvalue weighted by molar-refractivity contribution is 0.0564. The van der Waals surface area contributed by atoms with Gasteiger partial charge in [0.15, 0.2) is 0 Å². The van der Waals surface area contributed by atoms with Crippen LogP contribution in [0.3, 0.4) is 0 Å². The Hall–Kier alpha value is -1.60. The van der Waals surface area contributed by atoms with Crippen LogP contribution in [0.25, 0.3) is 0 Å². The smallest absolute Gasteiger partial charge is 0.322 e. The van der Waals surface area contributed by atoms with Crippen LogP contribution in [0.5, 0.6) is 0 Å². The molecule has 0 unspecified atom stereocenters. The first kappa shape index (κ1) is 13.4. The van der Waals surface area contributed by atoms with E-state index in [9.17, 15) is 4.79 Å². The topological polar surface area (TPSA) is 71.4 Å². The molecule has 7 nitrogen and oxygen atoms in total. The van der Waals surface area contributed by atoms with E-state index >= 15 is 0 Å². The number of amides is 2. The second-order valence-corrected chi connectivity index (χ2v) is 5.22. The first-order valence-electron chi connectivity index (χ1n) is 7.21. The third kappa shape index (κ3) is 3.10. The highest BCUT2D eigenvalue weighted by Crippen LogP contribution is 2.19. The quantitative estimate of drug-likeness (QED) is 0.835. The van der Waals surface area contributed by atoms with Crippen LogP contribution in [-0.2, 0) is 4.74 Å². The number of rotatable bonds is 2. The molecule has 1 aromatic rings. The summed E-state index contributed by atoms with van der Waals surface area (Å²) in [5, 5.41) is 10.6. The summed E-state index contributed by atoms with van der Waals surface area (Å²) in [7, 11) is 0. The number of aromatic nitrogens is 2. The number of hydrogen-bond acceptors (Lipinski definition) is 4. The molecule has 1 aromatic heterocycles. The Morgan fingerprint density at radius 3 is 2.85 bits per heavy atom. The fourth-order valence-corrected chi connectivity index (χ4v) is 2.64. The van der Waals surface area contributed by atoms with Crippen LogP contribution in [0.4, 0.5) is 10.5 Å². The molecule has 2 aliphatic heterocycles. The summed E-state index contributed by atoms with van der Waals surface area (Å²) >= 11 is 0. The molecule has 20 heavy (non-hydrogen) atoms. The van der Waals surface area contributed by atoms with Gasteiger partial charge in [0.25, 0.3) is 0 Å². The largest absolute Gasteiger partial charge is 0.378 e. The van der Waals surface area contributed by atoms with Crippen molar-refractivity contribution in [1.29, 1.82) is 0 Å². The molecule has 2 aliphatic rings. The number of morpholine rings is 1. The molecule has 0 radical (unpaired) electrons. The molecule has 2 saturated heterocycles. The first-order chi connectivity index (χ1) is 9.83. The summed E-state index contributed by atoms with van der Waals surface area (Å²) in [5.74, 6) is 0. The van der Waals surface area contributed by atoms with Crippen LogP contribution in [0.15, 0.2) is 12.4 Å². The van der Waals surface area contributed by atoms with Gasteiger partial charge in [-0.3, -0.25) is 4.68 Å². The molecule has 110 valence electrons. The lowest BCUT2D eigenvalue weighted by Crippen LogP contribution is -2.43. The minimum Gasteiger partial charge on any atom is -0.378 e. The Morgan fingerprint density at radius 1 is 1.35 bits per heavy atom. The molecule has 0 saturated carbocycles. The van der Waals surface area contributed by atoms with Crippen LogP contribution in [0.1, 0.15) is 18.9 Å². The molecule has 2 amide bonds. The van der Waals surface area contributed by atoms with Crippen molar-refractivity contribution in [3.63, 3.8) is 0 Å². The summed E-state index contributed by atoms with van der Waals surface area (Å²) in [6.07, 6.45) is 5.81.